The van der Waals surface area contributed by atoms with E-state index >= 15 is 0 Å². The first-order valence-electron chi connectivity index (χ1n) is 7.43. The van der Waals surface area contributed by atoms with Crippen molar-refractivity contribution in [1.29, 1.82) is 0 Å². The first kappa shape index (κ1) is 14.3. The van der Waals surface area contributed by atoms with Crippen molar-refractivity contribution in [2.24, 2.45) is 0 Å². The minimum absolute atomic E-state index is 0.0567. The van der Waals surface area contributed by atoms with Gasteiger partial charge in [0.05, 0.1) is 6.54 Å². The average Bonchev–Trinajstić information content (AvgIpc) is 3.01. The summed E-state index contributed by atoms with van der Waals surface area (Å²) in [5, 5.41) is 8.50. The fraction of sp³-hybridized carbons (Fsp3) is 0.353. The third-order valence-corrected chi connectivity index (χ3v) is 4.89. The van der Waals surface area contributed by atoms with E-state index in [1.807, 2.05) is 41.7 Å². The largest absolute Gasteiger partial charge is 0.351 e. The van der Waals surface area contributed by atoms with Gasteiger partial charge in [0.1, 0.15) is 0 Å². The van der Waals surface area contributed by atoms with Crippen LogP contribution in [0.5, 0.6) is 0 Å². The van der Waals surface area contributed by atoms with Gasteiger partial charge in [-0.05, 0) is 41.8 Å². The zero-order valence-electron chi connectivity index (χ0n) is 12.0. The Morgan fingerprint density at radius 2 is 2.10 bits per heavy atom. The van der Waals surface area contributed by atoms with Crippen LogP contribution in [0, 0.1) is 0 Å². The summed E-state index contributed by atoms with van der Waals surface area (Å²) in [5.41, 5.74) is 2.52. The lowest BCUT2D eigenvalue weighted by Crippen LogP contribution is -2.36. The van der Waals surface area contributed by atoms with Crippen LogP contribution >= 0.6 is 11.3 Å². The lowest BCUT2D eigenvalue weighted by atomic mass is 9.94. The fourth-order valence-electron chi connectivity index (χ4n) is 2.77. The second-order valence-corrected chi connectivity index (χ2v) is 6.39. The number of thiophene rings is 1. The van der Waals surface area contributed by atoms with Crippen LogP contribution < -0.4 is 10.6 Å². The Kier molecular flexibility index (Phi) is 4.68. The standard InChI is InChI=1S/C17H20N2OS/c20-17(19-11-13-5-2-1-3-6-13)12-18-15-7-4-8-16-14(15)9-10-21-16/h1-3,5-6,9-10,15,18H,4,7-8,11-12H2,(H,19,20). The minimum Gasteiger partial charge on any atom is -0.351 e. The normalized spacial score (nSPS) is 17.2. The van der Waals surface area contributed by atoms with Gasteiger partial charge in [0.2, 0.25) is 5.91 Å². The third-order valence-electron chi connectivity index (χ3n) is 3.89. The summed E-state index contributed by atoms with van der Waals surface area (Å²) < 4.78 is 0. The van der Waals surface area contributed by atoms with Crippen LogP contribution in [0.2, 0.25) is 0 Å². The Balaban J connectivity index is 1.47. The van der Waals surface area contributed by atoms with E-state index in [9.17, 15) is 4.79 Å². The van der Waals surface area contributed by atoms with E-state index in [1.54, 1.807) is 0 Å². The third kappa shape index (κ3) is 3.71. The molecule has 1 unspecified atom stereocenters. The van der Waals surface area contributed by atoms with Crippen LogP contribution in [-0.2, 0) is 17.8 Å². The molecule has 1 aromatic heterocycles. The molecule has 110 valence electrons. The number of amides is 1. The highest BCUT2D eigenvalue weighted by atomic mass is 32.1. The predicted molar refractivity (Wildman–Crippen MR) is 86.3 cm³/mol. The highest BCUT2D eigenvalue weighted by Crippen LogP contribution is 2.32. The zero-order valence-corrected chi connectivity index (χ0v) is 12.8. The van der Waals surface area contributed by atoms with E-state index in [0.29, 0.717) is 19.1 Å². The fourth-order valence-corrected chi connectivity index (χ4v) is 3.76. The number of hydrogen-bond acceptors (Lipinski definition) is 3. The molecule has 1 amide bonds. The maximum absolute atomic E-state index is 11.9. The van der Waals surface area contributed by atoms with Crippen molar-refractivity contribution < 1.29 is 4.79 Å². The summed E-state index contributed by atoms with van der Waals surface area (Å²) in [5.74, 6) is 0.0567. The van der Waals surface area contributed by atoms with Crippen LogP contribution in [0.15, 0.2) is 41.8 Å². The quantitative estimate of drug-likeness (QED) is 0.891. The molecule has 0 bridgehead atoms. The number of rotatable bonds is 5. The molecule has 1 aliphatic rings. The summed E-state index contributed by atoms with van der Waals surface area (Å²) in [6, 6.07) is 12.5. The second kappa shape index (κ2) is 6.87. The molecule has 21 heavy (non-hydrogen) atoms. The van der Waals surface area contributed by atoms with Gasteiger partial charge in [0.25, 0.3) is 0 Å². The van der Waals surface area contributed by atoms with Crippen molar-refractivity contribution in [2.75, 3.05) is 6.54 Å². The maximum Gasteiger partial charge on any atom is 0.234 e. The van der Waals surface area contributed by atoms with Crippen molar-refractivity contribution >= 4 is 17.2 Å². The van der Waals surface area contributed by atoms with Gasteiger partial charge in [0, 0.05) is 17.5 Å². The predicted octanol–water partition coefficient (Wildman–Crippen LogP) is 3.03. The molecular weight excluding hydrogens is 280 g/mol. The molecule has 1 atom stereocenters. The van der Waals surface area contributed by atoms with Gasteiger partial charge < -0.3 is 10.6 Å². The molecule has 0 fully saturated rings. The number of carbonyl (C=O) groups excluding carboxylic acids is 1. The molecule has 2 aromatic rings. The molecule has 3 nitrogen and oxygen atoms in total. The maximum atomic E-state index is 11.9. The van der Waals surface area contributed by atoms with Gasteiger partial charge in [-0.1, -0.05) is 30.3 Å². The van der Waals surface area contributed by atoms with Crippen molar-refractivity contribution in [3.8, 4) is 0 Å². The Morgan fingerprint density at radius 3 is 2.95 bits per heavy atom. The van der Waals surface area contributed by atoms with E-state index in [2.05, 4.69) is 22.1 Å². The molecule has 0 aliphatic heterocycles. The summed E-state index contributed by atoms with van der Waals surface area (Å²) in [7, 11) is 0. The van der Waals surface area contributed by atoms with Crippen LogP contribution in [0.1, 0.15) is 34.9 Å². The number of carbonyl (C=O) groups is 1. The van der Waals surface area contributed by atoms with Gasteiger partial charge >= 0.3 is 0 Å². The minimum atomic E-state index is 0.0567. The molecule has 0 saturated heterocycles. The van der Waals surface area contributed by atoms with Gasteiger partial charge in [-0.25, -0.2) is 0 Å². The van der Waals surface area contributed by atoms with Crippen molar-refractivity contribution in [3.63, 3.8) is 0 Å². The number of benzene rings is 1. The van der Waals surface area contributed by atoms with Crippen molar-refractivity contribution in [2.45, 2.75) is 31.8 Å². The van der Waals surface area contributed by atoms with Gasteiger partial charge in [-0.2, -0.15) is 0 Å². The molecule has 1 aliphatic carbocycles. The number of fused-ring (bicyclic) bond motifs is 1. The SMILES string of the molecule is O=C(CNC1CCCc2sccc21)NCc1ccccc1. The van der Waals surface area contributed by atoms with Crippen molar-refractivity contribution in [1.82, 2.24) is 10.6 Å². The Labute approximate surface area is 129 Å². The van der Waals surface area contributed by atoms with Crippen LogP contribution in [0.3, 0.4) is 0 Å². The molecule has 0 spiro atoms. The summed E-state index contributed by atoms with van der Waals surface area (Å²) >= 11 is 1.83. The molecule has 0 saturated carbocycles. The highest BCUT2D eigenvalue weighted by Gasteiger charge is 2.21. The van der Waals surface area contributed by atoms with Gasteiger partial charge in [-0.3, -0.25) is 4.79 Å². The molecule has 1 aromatic carbocycles. The summed E-state index contributed by atoms with van der Waals surface area (Å²) in [6.45, 7) is 0.975. The highest BCUT2D eigenvalue weighted by molar-refractivity contribution is 7.10. The number of aryl methyl sites for hydroxylation is 1. The van der Waals surface area contributed by atoms with Crippen molar-refractivity contribution in [3.05, 3.63) is 57.8 Å². The molecule has 1 heterocycles. The summed E-state index contributed by atoms with van der Waals surface area (Å²) in [6.07, 6.45) is 3.51. The Hall–Kier alpha value is -1.65. The lowest BCUT2D eigenvalue weighted by molar-refractivity contribution is -0.120. The van der Waals surface area contributed by atoms with E-state index in [-0.39, 0.29) is 5.91 Å². The van der Waals surface area contributed by atoms with E-state index in [0.717, 1.165) is 12.0 Å². The van der Waals surface area contributed by atoms with Crippen LogP contribution in [-0.4, -0.2) is 12.5 Å². The Bertz CT molecular complexity index is 594. The first-order chi connectivity index (χ1) is 10.3. The van der Waals surface area contributed by atoms with E-state index < -0.39 is 0 Å². The molecule has 4 heteroatoms. The topological polar surface area (TPSA) is 41.1 Å². The summed E-state index contributed by atoms with van der Waals surface area (Å²) in [4.78, 5) is 13.4. The molecule has 2 N–H and O–H groups in total. The van der Waals surface area contributed by atoms with E-state index in [4.69, 9.17) is 0 Å². The second-order valence-electron chi connectivity index (χ2n) is 5.39. The number of nitrogens with one attached hydrogen (secondary N) is 2. The monoisotopic (exact) mass is 300 g/mol. The first-order valence-corrected chi connectivity index (χ1v) is 8.31. The van der Waals surface area contributed by atoms with Gasteiger partial charge in [-0.15, -0.1) is 11.3 Å². The number of hydrogen-bond donors (Lipinski definition) is 2. The smallest absolute Gasteiger partial charge is 0.234 e. The van der Waals surface area contributed by atoms with Gasteiger partial charge in [0.15, 0.2) is 0 Å². The zero-order chi connectivity index (χ0) is 14.5. The average molecular weight is 300 g/mol. The Morgan fingerprint density at radius 1 is 1.24 bits per heavy atom. The molecule has 3 rings (SSSR count). The molecular formula is C17H20N2OS. The van der Waals surface area contributed by atoms with Crippen LogP contribution in [0.4, 0.5) is 0 Å². The molecule has 0 radical (unpaired) electrons. The van der Waals surface area contributed by atoms with E-state index in [1.165, 1.54) is 23.3 Å². The van der Waals surface area contributed by atoms with Crippen LogP contribution in [0.25, 0.3) is 0 Å². The lowest BCUT2D eigenvalue weighted by Gasteiger charge is -2.23.